The van der Waals surface area contributed by atoms with Crippen molar-refractivity contribution in [2.75, 3.05) is 4.90 Å². The van der Waals surface area contributed by atoms with Gasteiger partial charge in [-0.05, 0) is 81.6 Å². The highest BCUT2D eigenvalue weighted by atomic mass is 16.3. The molecule has 0 N–H and O–H groups in total. The molecule has 2 heterocycles. The summed E-state index contributed by atoms with van der Waals surface area (Å²) in [6, 6.07) is 53.4. The molecule has 2 aromatic heterocycles. The molecule has 3 nitrogen and oxygen atoms in total. The molecule has 0 saturated heterocycles. The molecule has 0 saturated carbocycles. The first-order valence-electron chi connectivity index (χ1n) is 14.1. The Bertz CT molecular complexity index is 2170. The van der Waals surface area contributed by atoms with E-state index in [9.17, 15) is 0 Å². The van der Waals surface area contributed by atoms with Crippen molar-refractivity contribution in [2.45, 2.75) is 0 Å². The SMILES string of the molecule is c1ccc(-c2ccc(N(c3ccc(-c4cccc5ccccc45)cc3)c3cccc4oc5ncccc5c34)cc2)cc1. The number of hydrogen-bond donors (Lipinski definition) is 0. The highest BCUT2D eigenvalue weighted by molar-refractivity contribution is 6.12. The zero-order valence-electron chi connectivity index (χ0n) is 22.8. The van der Waals surface area contributed by atoms with Crippen molar-refractivity contribution < 1.29 is 4.42 Å². The topological polar surface area (TPSA) is 29.3 Å². The number of hydrogen-bond acceptors (Lipinski definition) is 3. The van der Waals surface area contributed by atoms with Crippen molar-refractivity contribution >= 4 is 49.9 Å². The minimum atomic E-state index is 0.644. The highest BCUT2D eigenvalue weighted by Gasteiger charge is 2.20. The van der Waals surface area contributed by atoms with Gasteiger partial charge in [-0.2, -0.15) is 0 Å². The van der Waals surface area contributed by atoms with Gasteiger partial charge in [-0.15, -0.1) is 0 Å². The van der Waals surface area contributed by atoms with Crippen LogP contribution in [0.2, 0.25) is 0 Å². The summed E-state index contributed by atoms with van der Waals surface area (Å²) in [5, 5.41) is 4.54. The Hall–Kier alpha value is -5.67. The molecule has 198 valence electrons. The third kappa shape index (κ3) is 4.11. The summed E-state index contributed by atoms with van der Waals surface area (Å²) in [6.07, 6.45) is 1.77. The van der Waals surface area contributed by atoms with E-state index in [4.69, 9.17) is 4.42 Å². The number of nitrogens with zero attached hydrogens (tertiary/aromatic N) is 2. The third-order valence-corrected chi connectivity index (χ3v) is 7.95. The van der Waals surface area contributed by atoms with Gasteiger partial charge in [0, 0.05) is 17.6 Å². The van der Waals surface area contributed by atoms with Gasteiger partial charge in [0.05, 0.1) is 16.5 Å². The lowest BCUT2D eigenvalue weighted by Gasteiger charge is -2.26. The van der Waals surface area contributed by atoms with E-state index in [-0.39, 0.29) is 0 Å². The highest BCUT2D eigenvalue weighted by Crippen LogP contribution is 2.43. The monoisotopic (exact) mass is 538 g/mol. The summed E-state index contributed by atoms with van der Waals surface area (Å²) in [5.41, 5.74) is 9.44. The van der Waals surface area contributed by atoms with Crippen LogP contribution in [-0.4, -0.2) is 4.98 Å². The van der Waals surface area contributed by atoms with E-state index >= 15 is 0 Å². The fourth-order valence-corrected chi connectivity index (χ4v) is 5.96. The second-order valence-electron chi connectivity index (χ2n) is 10.4. The average Bonchev–Trinajstić information content (AvgIpc) is 3.45. The third-order valence-electron chi connectivity index (χ3n) is 7.95. The van der Waals surface area contributed by atoms with Gasteiger partial charge in [0.2, 0.25) is 5.71 Å². The maximum Gasteiger partial charge on any atom is 0.227 e. The number of pyridine rings is 1. The van der Waals surface area contributed by atoms with E-state index in [1.807, 2.05) is 18.2 Å². The smallest absolute Gasteiger partial charge is 0.227 e. The Morgan fingerprint density at radius 1 is 0.476 bits per heavy atom. The van der Waals surface area contributed by atoms with Gasteiger partial charge in [-0.3, -0.25) is 0 Å². The molecule has 0 amide bonds. The summed E-state index contributed by atoms with van der Waals surface area (Å²) in [7, 11) is 0. The summed E-state index contributed by atoms with van der Waals surface area (Å²) in [4.78, 5) is 6.81. The molecule has 42 heavy (non-hydrogen) atoms. The maximum atomic E-state index is 6.17. The number of furan rings is 1. The first kappa shape index (κ1) is 24.2. The molecule has 0 aliphatic carbocycles. The quantitative estimate of drug-likeness (QED) is 0.218. The van der Waals surface area contributed by atoms with Crippen LogP contribution in [0, 0.1) is 0 Å². The fraction of sp³-hybridized carbons (Fsp3) is 0. The van der Waals surface area contributed by atoms with Gasteiger partial charge in [-0.1, -0.05) is 103 Å². The van der Waals surface area contributed by atoms with Gasteiger partial charge in [0.15, 0.2) is 0 Å². The van der Waals surface area contributed by atoms with Crippen LogP contribution in [0.5, 0.6) is 0 Å². The van der Waals surface area contributed by atoms with Crippen molar-refractivity contribution in [3.05, 3.63) is 158 Å². The second kappa shape index (κ2) is 10.1. The summed E-state index contributed by atoms with van der Waals surface area (Å²) < 4.78 is 6.17. The number of aromatic nitrogens is 1. The van der Waals surface area contributed by atoms with Crippen molar-refractivity contribution in [3.8, 4) is 22.3 Å². The largest absolute Gasteiger partial charge is 0.438 e. The lowest BCUT2D eigenvalue weighted by Crippen LogP contribution is -2.10. The predicted molar refractivity (Wildman–Crippen MR) is 175 cm³/mol. The number of benzene rings is 6. The zero-order valence-corrected chi connectivity index (χ0v) is 22.8. The fourth-order valence-electron chi connectivity index (χ4n) is 5.96. The summed E-state index contributed by atoms with van der Waals surface area (Å²) in [6.45, 7) is 0. The summed E-state index contributed by atoms with van der Waals surface area (Å²) in [5.74, 6) is 0. The van der Waals surface area contributed by atoms with E-state index in [1.165, 1.54) is 33.0 Å². The minimum absolute atomic E-state index is 0.644. The molecular weight excluding hydrogens is 512 g/mol. The molecule has 3 heteroatoms. The van der Waals surface area contributed by atoms with Crippen LogP contribution >= 0.6 is 0 Å². The molecule has 8 rings (SSSR count). The molecule has 0 atom stereocenters. The number of anilines is 3. The number of fused-ring (bicyclic) bond motifs is 4. The molecule has 0 aliphatic rings. The van der Waals surface area contributed by atoms with Gasteiger partial charge < -0.3 is 9.32 Å². The molecule has 6 aromatic carbocycles. The Balaban J connectivity index is 1.29. The van der Waals surface area contributed by atoms with Crippen LogP contribution in [0.1, 0.15) is 0 Å². The van der Waals surface area contributed by atoms with Crippen molar-refractivity contribution in [3.63, 3.8) is 0 Å². The lowest BCUT2D eigenvalue weighted by molar-refractivity contribution is 0.654. The Labute approximate surface area is 243 Å². The maximum absolute atomic E-state index is 6.17. The summed E-state index contributed by atoms with van der Waals surface area (Å²) >= 11 is 0. The molecule has 0 aliphatic heterocycles. The van der Waals surface area contributed by atoms with E-state index in [2.05, 4.69) is 143 Å². The van der Waals surface area contributed by atoms with Gasteiger partial charge in [0.1, 0.15) is 5.58 Å². The van der Waals surface area contributed by atoms with E-state index in [0.717, 1.165) is 33.4 Å². The molecular formula is C39H26N2O. The van der Waals surface area contributed by atoms with Crippen molar-refractivity contribution in [2.24, 2.45) is 0 Å². The van der Waals surface area contributed by atoms with Crippen molar-refractivity contribution in [1.82, 2.24) is 4.98 Å². The van der Waals surface area contributed by atoms with Gasteiger partial charge in [-0.25, -0.2) is 4.98 Å². The second-order valence-corrected chi connectivity index (χ2v) is 10.4. The molecule has 8 aromatic rings. The van der Waals surface area contributed by atoms with Crippen LogP contribution in [0.3, 0.4) is 0 Å². The molecule has 0 unspecified atom stereocenters. The van der Waals surface area contributed by atoms with Gasteiger partial charge in [0.25, 0.3) is 0 Å². The Kier molecular flexibility index (Phi) is 5.79. The Morgan fingerprint density at radius 3 is 1.93 bits per heavy atom. The van der Waals surface area contributed by atoms with E-state index < -0.39 is 0 Å². The number of rotatable bonds is 5. The van der Waals surface area contributed by atoms with Crippen LogP contribution in [0.25, 0.3) is 55.1 Å². The van der Waals surface area contributed by atoms with E-state index in [0.29, 0.717) is 5.71 Å². The molecule has 0 radical (unpaired) electrons. The normalized spacial score (nSPS) is 11.3. The zero-order chi connectivity index (χ0) is 27.9. The standard InChI is InChI=1S/C39H26N2O/c1-2-9-27(10-3-1)28-18-22-31(23-19-28)41(36-16-7-17-37-38(36)35-15-8-26-40-39(35)42-37)32-24-20-30(21-25-32)34-14-6-12-29-11-4-5-13-33(29)34/h1-26H. The van der Waals surface area contributed by atoms with Crippen LogP contribution in [-0.2, 0) is 0 Å². The van der Waals surface area contributed by atoms with Crippen LogP contribution in [0.15, 0.2) is 162 Å². The first-order chi connectivity index (χ1) is 20.8. The molecule has 0 bridgehead atoms. The average molecular weight is 539 g/mol. The first-order valence-corrected chi connectivity index (χ1v) is 14.1. The molecule has 0 fully saturated rings. The van der Waals surface area contributed by atoms with Crippen LogP contribution in [0.4, 0.5) is 17.1 Å². The van der Waals surface area contributed by atoms with Gasteiger partial charge >= 0.3 is 0 Å². The van der Waals surface area contributed by atoms with Crippen LogP contribution < -0.4 is 4.90 Å². The predicted octanol–water partition coefficient (Wildman–Crippen LogP) is 10.9. The van der Waals surface area contributed by atoms with E-state index in [1.54, 1.807) is 6.20 Å². The minimum Gasteiger partial charge on any atom is -0.438 e. The lowest BCUT2D eigenvalue weighted by atomic mass is 9.98. The Morgan fingerprint density at radius 2 is 1.12 bits per heavy atom. The molecule has 0 spiro atoms. The van der Waals surface area contributed by atoms with Crippen molar-refractivity contribution in [1.29, 1.82) is 0 Å².